The third-order valence-corrected chi connectivity index (χ3v) is 7.93. The zero-order valence-corrected chi connectivity index (χ0v) is 21.3. The number of alkyl halides is 3. The first-order chi connectivity index (χ1) is 18.0. The number of sulfone groups is 1. The molecule has 2 aliphatic rings. The van der Waals surface area contributed by atoms with Crippen LogP contribution in [0.15, 0.2) is 76.7 Å². The van der Waals surface area contributed by atoms with E-state index in [2.05, 4.69) is 5.10 Å². The number of carbonyl (C=O) groups is 1. The molecule has 0 radical (unpaired) electrons. The largest absolute Gasteiger partial charge is 0.431 e. The van der Waals surface area contributed by atoms with Crippen molar-refractivity contribution in [3.63, 3.8) is 0 Å². The molecule has 0 bridgehead atoms. The Bertz CT molecular complexity index is 1550. The average Bonchev–Trinajstić information content (AvgIpc) is 3.53. The van der Waals surface area contributed by atoms with E-state index in [-0.39, 0.29) is 11.4 Å². The molecule has 0 aromatic heterocycles. The molecule has 3 aromatic carbocycles. The van der Waals surface area contributed by atoms with E-state index in [4.69, 9.17) is 5.73 Å². The van der Waals surface area contributed by atoms with E-state index in [9.17, 15) is 26.4 Å². The van der Waals surface area contributed by atoms with Crippen molar-refractivity contribution in [1.29, 1.82) is 0 Å². The van der Waals surface area contributed by atoms with Gasteiger partial charge < -0.3 is 10.6 Å². The molecule has 2 heterocycles. The fourth-order valence-electron chi connectivity index (χ4n) is 4.94. The molecule has 1 amide bonds. The Balaban J connectivity index is 1.48. The molecule has 38 heavy (non-hydrogen) atoms. The number of rotatable bonds is 5. The first-order valence-electron chi connectivity index (χ1n) is 11.9. The first kappa shape index (κ1) is 25.9. The van der Waals surface area contributed by atoms with Crippen LogP contribution in [0.3, 0.4) is 0 Å². The van der Waals surface area contributed by atoms with Gasteiger partial charge in [-0.05, 0) is 53.4 Å². The Morgan fingerprint density at radius 2 is 1.84 bits per heavy atom. The smallest absolute Gasteiger partial charge is 0.326 e. The van der Waals surface area contributed by atoms with Crippen LogP contribution in [0.5, 0.6) is 0 Å². The van der Waals surface area contributed by atoms with Gasteiger partial charge in [-0.15, -0.1) is 0 Å². The number of fused-ring (bicyclic) bond motifs is 1. The molecule has 1 atom stereocenters. The summed E-state index contributed by atoms with van der Waals surface area (Å²) in [5, 5.41) is 4.94. The second-order valence-electron chi connectivity index (χ2n) is 9.33. The number of halogens is 3. The van der Waals surface area contributed by atoms with Crippen LogP contribution in [-0.2, 0) is 27.6 Å². The number of anilines is 2. The highest BCUT2D eigenvalue weighted by Crippen LogP contribution is 2.38. The van der Waals surface area contributed by atoms with Gasteiger partial charge in [-0.1, -0.05) is 36.4 Å². The van der Waals surface area contributed by atoms with Crippen molar-refractivity contribution in [3.05, 3.63) is 77.9 Å². The van der Waals surface area contributed by atoms with Gasteiger partial charge in [0.15, 0.2) is 9.84 Å². The van der Waals surface area contributed by atoms with Crippen LogP contribution >= 0.6 is 0 Å². The van der Waals surface area contributed by atoms with Gasteiger partial charge in [-0.3, -0.25) is 9.80 Å². The minimum atomic E-state index is -4.66. The van der Waals surface area contributed by atoms with Crippen LogP contribution in [0.1, 0.15) is 17.5 Å². The van der Waals surface area contributed by atoms with Crippen LogP contribution in [-0.4, -0.2) is 45.1 Å². The van der Waals surface area contributed by atoms with Gasteiger partial charge in [-0.2, -0.15) is 18.3 Å². The molecule has 0 aliphatic carbocycles. The summed E-state index contributed by atoms with van der Waals surface area (Å²) in [5.41, 5.74) is 8.39. The standard InChI is InChI=1S/C27H25F3N4O3S/c1-38(36,37)24-8-3-2-7-21(24)18-9-10-22-19(14-18)11-12-33(22)26(35)23-15-25(27(28,29)30)32-34(23)20-6-4-5-17(13-20)16-31/h2-10,13-14,23H,11-12,15-16,31H2,1H3. The van der Waals surface area contributed by atoms with Gasteiger partial charge >= 0.3 is 6.18 Å². The van der Waals surface area contributed by atoms with Gasteiger partial charge in [0.1, 0.15) is 11.8 Å². The lowest BCUT2D eigenvalue weighted by atomic mass is 10.0. The molecule has 11 heteroatoms. The molecular weight excluding hydrogens is 517 g/mol. The van der Waals surface area contributed by atoms with Crippen molar-refractivity contribution >= 4 is 32.8 Å². The van der Waals surface area contributed by atoms with Crippen LogP contribution in [0.25, 0.3) is 11.1 Å². The number of hydrazone groups is 1. The van der Waals surface area contributed by atoms with Gasteiger partial charge in [0.2, 0.25) is 0 Å². The average molecular weight is 543 g/mol. The third-order valence-electron chi connectivity index (χ3n) is 6.77. The molecule has 5 rings (SSSR count). The Morgan fingerprint density at radius 3 is 2.55 bits per heavy atom. The molecule has 0 saturated carbocycles. The number of nitrogens with two attached hydrogens (primary N) is 1. The SMILES string of the molecule is CS(=O)(=O)c1ccccc1-c1ccc2c(c1)CCN2C(=O)C1CC(C(F)(F)F)=NN1c1cccc(CN)c1. The highest BCUT2D eigenvalue weighted by Gasteiger charge is 2.47. The van der Waals surface area contributed by atoms with Gasteiger partial charge in [0.25, 0.3) is 5.91 Å². The second kappa shape index (κ2) is 9.55. The normalized spacial score (nSPS) is 17.5. The molecule has 2 N–H and O–H groups in total. The Hall–Kier alpha value is -3.70. The van der Waals surface area contributed by atoms with Crippen LogP contribution in [0.2, 0.25) is 0 Å². The number of amides is 1. The van der Waals surface area contributed by atoms with Crippen molar-refractivity contribution in [2.45, 2.75) is 36.5 Å². The fraction of sp³-hybridized carbons (Fsp3) is 0.259. The molecule has 198 valence electrons. The molecule has 0 spiro atoms. The van der Waals surface area contributed by atoms with E-state index >= 15 is 0 Å². The predicted molar refractivity (Wildman–Crippen MR) is 140 cm³/mol. The highest BCUT2D eigenvalue weighted by molar-refractivity contribution is 7.90. The van der Waals surface area contributed by atoms with Crippen LogP contribution in [0.4, 0.5) is 24.5 Å². The predicted octanol–water partition coefficient (Wildman–Crippen LogP) is 4.30. The molecule has 2 aliphatic heterocycles. The summed E-state index contributed by atoms with van der Waals surface area (Å²) in [4.78, 5) is 15.4. The maximum Gasteiger partial charge on any atom is 0.431 e. The van der Waals surface area contributed by atoms with Gasteiger partial charge in [0, 0.05) is 37.0 Å². The van der Waals surface area contributed by atoms with E-state index < -0.39 is 40.1 Å². The van der Waals surface area contributed by atoms with E-state index in [1.54, 1.807) is 60.7 Å². The minimum Gasteiger partial charge on any atom is -0.326 e. The zero-order chi connectivity index (χ0) is 27.2. The van der Waals surface area contributed by atoms with E-state index in [0.717, 1.165) is 16.8 Å². The second-order valence-corrected chi connectivity index (χ2v) is 11.3. The lowest BCUT2D eigenvalue weighted by molar-refractivity contribution is -0.119. The molecular formula is C27H25F3N4O3S. The summed E-state index contributed by atoms with van der Waals surface area (Å²) < 4.78 is 65.4. The van der Waals surface area contributed by atoms with Crippen molar-refractivity contribution in [3.8, 4) is 11.1 Å². The Labute approximate surface area is 218 Å². The van der Waals surface area contributed by atoms with Crippen molar-refractivity contribution in [1.82, 2.24) is 0 Å². The van der Waals surface area contributed by atoms with E-state index in [0.29, 0.717) is 41.0 Å². The third kappa shape index (κ3) is 4.79. The molecule has 3 aromatic rings. The highest BCUT2D eigenvalue weighted by atomic mass is 32.2. The van der Waals surface area contributed by atoms with Crippen LogP contribution < -0.4 is 15.6 Å². The Morgan fingerprint density at radius 1 is 1.08 bits per heavy atom. The number of carbonyl (C=O) groups excluding carboxylic acids is 1. The van der Waals surface area contributed by atoms with Gasteiger partial charge in [0.05, 0.1) is 10.6 Å². The monoisotopic (exact) mass is 542 g/mol. The van der Waals surface area contributed by atoms with E-state index in [1.807, 2.05) is 6.07 Å². The summed E-state index contributed by atoms with van der Waals surface area (Å²) in [5.74, 6) is -0.491. The minimum absolute atomic E-state index is 0.195. The summed E-state index contributed by atoms with van der Waals surface area (Å²) in [6, 6.07) is 17.4. The summed E-state index contributed by atoms with van der Waals surface area (Å²) in [6.45, 7) is 0.486. The van der Waals surface area contributed by atoms with Crippen molar-refractivity contribution in [2.24, 2.45) is 10.8 Å². The lowest BCUT2D eigenvalue weighted by Crippen LogP contribution is -2.45. The summed E-state index contributed by atoms with van der Waals surface area (Å²) in [7, 11) is -3.47. The topological polar surface area (TPSA) is 96.1 Å². The van der Waals surface area contributed by atoms with Crippen molar-refractivity contribution in [2.75, 3.05) is 22.7 Å². The number of nitrogens with zero attached hydrogens (tertiary/aromatic N) is 3. The quantitative estimate of drug-likeness (QED) is 0.519. The maximum absolute atomic E-state index is 13.7. The first-order valence-corrected chi connectivity index (χ1v) is 13.8. The molecule has 1 unspecified atom stereocenters. The van der Waals surface area contributed by atoms with Crippen LogP contribution in [0, 0.1) is 0 Å². The summed E-state index contributed by atoms with van der Waals surface area (Å²) >= 11 is 0. The fourth-order valence-corrected chi connectivity index (χ4v) is 5.86. The van der Waals surface area contributed by atoms with E-state index in [1.165, 1.54) is 4.90 Å². The zero-order valence-electron chi connectivity index (χ0n) is 20.4. The maximum atomic E-state index is 13.7. The Kier molecular flexibility index (Phi) is 6.52. The number of benzene rings is 3. The van der Waals surface area contributed by atoms with Gasteiger partial charge in [-0.25, -0.2) is 8.42 Å². The number of hydrogen-bond acceptors (Lipinski definition) is 6. The molecule has 0 saturated heterocycles. The molecule has 0 fully saturated rings. The molecule has 7 nitrogen and oxygen atoms in total. The lowest BCUT2D eigenvalue weighted by Gasteiger charge is -2.28. The summed E-state index contributed by atoms with van der Waals surface area (Å²) in [6.07, 6.45) is -3.60. The number of hydrogen-bond donors (Lipinski definition) is 1. The van der Waals surface area contributed by atoms with Crippen molar-refractivity contribution < 1.29 is 26.4 Å².